The fourth-order valence-electron chi connectivity index (χ4n) is 2.84. The highest BCUT2D eigenvalue weighted by molar-refractivity contribution is 5.31. The van der Waals surface area contributed by atoms with Crippen molar-refractivity contribution in [2.24, 2.45) is 5.73 Å². The van der Waals surface area contributed by atoms with E-state index in [0.717, 1.165) is 25.9 Å². The number of hydrogen-bond acceptors (Lipinski definition) is 2. The molecule has 1 aromatic rings. The van der Waals surface area contributed by atoms with Gasteiger partial charge in [0.25, 0.3) is 0 Å². The van der Waals surface area contributed by atoms with Crippen LogP contribution in [-0.4, -0.2) is 18.8 Å². The molecule has 0 aromatic heterocycles. The molecule has 1 aromatic carbocycles. The second kappa shape index (κ2) is 7.06. The van der Waals surface area contributed by atoms with Crippen molar-refractivity contribution in [3.05, 3.63) is 34.9 Å². The molecule has 1 heterocycles. The van der Waals surface area contributed by atoms with Gasteiger partial charge in [-0.2, -0.15) is 0 Å². The molecule has 1 aliphatic heterocycles. The maximum absolute atomic E-state index is 6.29. The van der Waals surface area contributed by atoms with Gasteiger partial charge < -0.3 is 10.5 Å². The third kappa shape index (κ3) is 4.63. The Kier molecular flexibility index (Phi) is 5.41. The normalized spacial score (nSPS) is 21.3. The third-order valence-electron chi connectivity index (χ3n) is 4.12. The molecule has 2 atom stereocenters. The first kappa shape index (κ1) is 14.5. The lowest BCUT2D eigenvalue weighted by Crippen LogP contribution is -2.27. The molecular weight excluding hydrogens is 234 g/mol. The molecule has 0 saturated carbocycles. The van der Waals surface area contributed by atoms with Crippen molar-refractivity contribution < 1.29 is 4.74 Å². The molecule has 0 amide bonds. The molecule has 2 heteroatoms. The Balaban J connectivity index is 1.80. The Bertz CT molecular complexity index is 396. The maximum Gasteiger partial charge on any atom is 0.0575 e. The first-order chi connectivity index (χ1) is 9.15. The van der Waals surface area contributed by atoms with E-state index < -0.39 is 0 Å². The first-order valence-corrected chi connectivity index (χ1v) is 7.58. The molecule has 1 saturated heterocycles. The maximum atomic E-state index is 6.29. The highest BCUT2D eigenvalue weighted by Gasteiger charge is 2.15. The lowest BCUT2D eigenvalue weighted by molar-refractivity contribution is 0.00915. The van der Waals surface area contributed by atoms with E-state index in [4.69, 9.17) is 10.5 Å². The predicted octanol–water partition coefficient (Wildman–Crippen LogP) is 3.52. The number of ether oxygens (including phenoxy) is 1. The Morgan fingerprint density at radius 3 is 2.89 bits per heavy atom. The summed E-state index contributed by atoms with van der Waals surface area (Å²) in [5, 5.41) is 0. The van der Waals surface area contributed by atoms with Crippen LogP contribution in [0.3, 0.4) is 0 Å². The summed E-state index contributed by atoms with van der Waals surface area (Å²) in [4.78, 5) is 0. The minimum atomic E-state index is 0.256. The summed E-state index contributed by atoms with van der Waals surface area (Å²) in [5.74, 6) is 0. The number of benzene rings is 1. The Hall–Kier alpha value is -0.860. The van der Waals surface area contributed by atoms with Gasteiger partial charge in [0.1, 0.15) is 0 Å². The zero-order valence-electron chi connectivity index (χ0n) is 12.3. The fraction of sp³-hybridized carbons (Fsp3) is 0.647. The second-order valence-electron chi connectivity index (χ2n) is 5.96. The average Bonchev–Trinajstić information content (AvgIpc) is 2.42. The average molecular weight is 261 g/mol. The summed E-state index contributed by atoms with van der Waals surface area (Å²) in [7, 11) is 0. The van der Waals surface area contributed by atoms with Crippen molar-refractivity contribution in [3.63, 3.8) is 0 Å². The van der Waals surface area contributed by atoms with Crippen LogP contribution in [0.1, 0.15) is 48.8 Å². The van der Waals surface area contributed by atoms with Gasteiger partial charge in [0.2, 0.25) is 0 Å². The van der Waals surface area contributed by atoms with Crippen molar-refractivity contribution in [1.29, 1.82) is 0 Å². The molecule has 0 spiro atoms. The predicted molar refractivity (Wildman–Crippen MR) is 80.4 cm³/mol. The molecule has 2 unspecified atom stereocenters. The lowest BCUT2D eigenvalue weighted by Gasteiger charge is -2.24. The molecule has 2 N–H and O–H groups in total. The molecule has 2 nitrogen and oxygen atoms in total. The van der Waals surface area contributed by atoms with E-state index in [1.807, 2.05) is 0 Å². The van der Waals surface area contributed by atoms with Crippen LogP contribution in [0.15, 0.2) is 18.2 Å². The van der Waals surface area contributed by atoms with Gasteiger partial charge in [-0.15, -0.1) is 0 Å². The van der Waals surface area contributed by atoms with Crippen molar-refractivity contribution in [2.75, 3.05) is 6.61 Å². The van der Waals surface area contributed by atoms with E-state index in [9.17, 15) is 0 Å². The third-order valence-corrected chi connectivity index (χ3v) is 4.12. The molecule has 0 aliphatic carbocycles. The van der Waals surface area contributed by atoms with Gasteiger partial charge in [0, 0.05) is 12.6 Å². The summed E-state index contributed by atoms with van der Waals surface area (Å²) < 4.78 is 5.77. The molecule has 2 rings (SSSR count). The van der Waals surface area contributed by atoms with Gasteiger partial charge in [-0.1, -0.05) is 23.8 Å². The monoisotopic (exact) mass is 261 g/mol. The highest BCUT2D eigenvalue weighted by Crippen LogP contribution is 2.19. The minimum absolute atomic E-state index is 0.256. The summed E-state index contributed by atoms with van der Waals surface area (Å²) in [6, 6.07) is 6.89. The van der Waals surface area contributed by atoms with Crippen LogP contribution in [-0.2, 0) is 11.2 Å². The van der Waals surface area contributed by atoms with E-state index >= 15 is 0 Å². The zero-order chi connectivity index (χ0) is 13.7. The number of hydrogen-bond donors (Lipinski definition) is 1. The van der Waals surface area contributed by atoms with Gasteiger partial charge in [-0.3, -0.25) is 0 Å². The minimum Gasteiger partial charge on any atom is -0.378 e. The Morgan fingerprint density at radius 1 is 1.32 bits per heavy atom. The smallest absolute Gasteiger partial charge is 0.0575 e. The van der Waals surface area contributed by atoms with Gasteiger partial charge in [0.05, 0.1) is 6.10 Å². The standard InChI is InChI=1S/C17H27NO/c1-13-6-7-14(2)15(11-13)12-16(18)8-9-17-5-3-4-10-19-17/h6-7,11,16-17H,3-5,8-10,12,18H2,1-2H3. The van der Waals surface area contributed by atoms with E-state index in [-0.39, 0.29) is 6.04 Å². The Labute approximate surface area is 117 Å². The van der Waals surface area contributed by atoms with E-state index in [0.29, 0.717) is 6.10 Å². The fourth-order valence-corrected chi connectivity index (χ4v) is 2.84. The molecule has 1 fully saturated rings. The van der Waals surface area contributed by atoms with E-state index in [1.54, 1.807) is 0 Å². The van der Waals surface area contributed by atoms with Gasteiger partial charge in [0.15, 0.2) is 0 Å². The van der Waals surface area contributed by atoms with Crippen molar-refractivity contribution >= 4 is 0 Å². The molecular formula is C17H27NO. The molecule has 1 aliphatic rings. The highest BCUT2D eigenvalue weighted by atomic mass is 16.5. The van der Waals surface area contributed by atoms with Crippen LogP contribution in [0.25, 0.3) is 0 Å². The number of rotatable bonds is 5. The lowest BCUT2D eigenvalue weighted by atomic mass is 9.95. The van der Waals surface area contributed by atoms with Crippen LogP contribution in [0.2, 0.25) is 0 Å². The van der Waals surface area contributed by atoms with Crippen LogP contribution in [0.4, 0.5) is 0 Å². The van der Waals surface area contributed by atoms with E-state index in [1.165, 1.54) is 36.0 Å². The largest absolute Gasteiger partial charge is 0.378 e. The zero-order valence-corrected chi connectivity index (χ0v) is 12.3. The van der Waals surface area contributed by atoms with Crippen LogP contribution in [0, 0.1) is 13.8 Å². The van der Waals surface area contributed by atoms with Gasteiger partial charge >= 0.3 is 0 Å². The van der Waals surface area contributed by atoms with Crippen LogP contribution >= 0.6 is 0 Å². The topological polar surface area (TPSA) is 35.2 Å². The Morgan fingerprint density at radius 2 is 2.16 bits per heavy atom. The van der Waals surface area contributed by atoms with Crippen molar-refractivity contribution in [3.8, 4) is 0 Å². The van der Waals surface area contributed by atoms with Gasteiger partial charge in [-0.25, -0.2) is 0 Å². The first-order valence-electron chi connectivity index (χ1n) is 7.58. The van der Waals surface area contributed by atoms with Crippen LogP contribution in [0.5, 0.6) is 0 Å². The van der Waals surface area contributed by atoms with Gasteiger partial charge in [-0.05, 0) is 63.5 Å². The summed E-state index contributed by atoms with van der Waals surface area (Å²) in [6.07, 6.45) is 7.39. The molecule has 106 valence electrons. The van der Waals surface area contributed by atoms with Crippen molar-refractivity contribution in [2.45, 2.75) is 64.5 Å². The van der Waals surface area contributed by atoms with Crippen LogP contribution < -0.4 is 5.73 Å². The second-order valence-corrected chi connectivity index (χ2v) is 5.96. The summed E-state index contributed by atoms with van der Waals surface area (Å²) in [6.45, 7) is 5.26. The molecule has 19 heavy (non-hydrogen) atoms. The van der Waals surface area contributed by atoms with E-state index in [2.05, 4.69) is 32.0 Å². The molecule has 0 bridgehead atoms. The quantitative estimate of drug-likeness (QED) is 0.880. The number of nitrogens with two attached hydrogens (primary N) is 1. The summed E-state index contributed by atoms with van der Waals surface area (Å²) in [5.41, 5.74) is 10.4. The van der Waals surface area contributed by atoms with Crippen molar-refractivity contribution in [1.82, 2.24) is 0 Å². The molecule has 0 radical (unpaired) electrons. The summed E-state index contributed by atoms with van der Waals surface area (Å²) >= 11 is 0. The number of aryl methyl sites for hydroxylation is 2. The SMILES string of the molecule is Cc1ccc(C)c(CC(N)CCC2CCCCO2)c1.